The standard InChI is InChI=1S/C12H19N5.C2H6/c1-2-14-12(15-3-1)17-6-4-16(5-7-17)10-11-8-13-9-11;1-2/h1-3,11,13H,4-10H2;1-2H3. The van der Waals surface area contributed by atoms with Crippen molar-refractivity contribution in [3.05, 3.63) is 18.5 Å². The molecular weight excluding hydrogens is 238 g/mol. The highest BCUT2D eigenvalue weighted by molar-refractivity contribution is 5.29. The van der Waals surface area contributed by atoms with Crippen LogP contribution in [-0.2, 0) is 0 Å². The number of piperazine rings is 1. The third kappa shape index (κ3) is 3.88. The van der Waals surface area contributed by atoms with Crippen LogP contribution in [0.5, 0.6) is 0 Å². The number of hydrogen-bond donors (Lipinski definition) is 1. The van der Waals surface area contributed by atoms with Crippen LogP contribution in [0, 0.1) is 5.92 Å². The minimum atomic E-state index is 0.870. The molecule has 1 aromatic heterocycles. The Labute approximate surface area is 116 Å². The van der Waals surface area contributed by atoms with Crippen molar-refractivity contribution in [3.8, 4) is 0 Å². The molecule has 0 radical (unpaired) electrons. The van der Waals surface area contributed by atoms with Crippen LogP contribution >= 0.6 is 0 Å². The number of nitrogens with one attached hydrogen (secondary N) is 1. The molecule has 3 rings (SSSR count). The first-order valence-electron chi connectivity index (χ1n) is 7.37. The molecule has 2 fully saturated rings. The van der Waals surface area contributed by atoms with Gasteiger partial charge in [0.25, 0.3) is 0 Å². The van der Waals surface area contributed by atoms with Crippen molar-refractivity contribution in [3.63, 3.8) is 0 Å². The van der Waals surface area contributed by atoms with Crippen molar-refractivity contribution in [2.75, 3.05) is 50.7 Å². The van der Waals surface area contributed by atoms with E-state index in [1.807, 2.05) is 32.3 Å². The quantitative estimate of drug-likeness (QED) is 0.875. The van der Waals surface area contributed by atoms with Gasteiger partial charge in [0.15, 0.2) is 0 Å². The summed E-state index contributed by atoms with van der Waals surface area (Å²) in [6, 6.07) is 1.86. The zero-order valence-corrected chi connectivity index (χ0v) is 12.0. The Morgan fingerprint density at radius 2 is 1.74 bits per heavy atom. The van der Waals surface area contributed by atoms with E-state index < -0.39 is 0 Å². The Morgan fingerprint density at radius 1 is 1.11 bits per heavy atom. The highest BCUT2D eigenvalue weighted by Gasteiger charge is 2.23. The molecule has 0 spiro atoms. The fraction of sp³-hybridized carbons (Fsp3) is 0.714. The first-order chi connectivity index (χ1) is 9.42. The summed E-state index contributed by atoms with van der Waals surface area (Å²) in [5.74, 6) is 1.74. The summed E-state index contributed by atoms with van der Waals surface area (Å²) in [6.45, 7) is 12.0. The van der Waals surface area contributed by atoms with Crippen molar-refractivity contribution in [1.29, 1.82) is 0 Å². The van der Waals surface area contributed by atoms with Gasteiger partial charge in [0.1, 0.15) is 0 Å². The molecule has 1 aromatic rings. The van der Waals surface area contributed by atoms with Gasteiger partial charge in [0, 0.05) is 58.2 Å². The van der Waals surface area contributed by atoms with Crippen LogP contribution in [0.4, 0.5) is 5.95 Å². The van der Waals surface area contributed by atoms with Gasteiger partial charge in [0.2, 0.25) is 5.95 Å². The van der Waals surface area contributed by atoms with Crippen LogP contribution < -0.4 is 10.2 Å². The zero-order chi connectivity index (χ0) is 13.5. The SMILES string of the molecule is CC.c1cnc(N2CCN(CC3CNC3)CC2)nc1. The van der Waals surface area contributed by atoms with E-state index in [9.17, 15) is 0 Å². The molecule has 0 amide bonds. The first kappa shape index (κ1) is 14.2. The van der Waals surface area contributed by atoms with Gasteiger partial charge in [-0.15, -0.1) is 0 Å². The van der Waals surface area contributed by atoms with Crippen molar-refractivity contribution in [2.45, 2.75) is 13.8 Å². The fourth-order valence-corrected chi connectivity index (χ4v) is 2.43. The number of nitrogens with zero attached hydrogens (tertiary/aromatic N) is 4. The van der Waals surface area contributed by atoms with Crippen LogP contribution in [0.25, 0.3) is 0 Å². The number of rotatable bonds is 3. The minimum absolute atomic E-state index is 0.870. The molecule has 0 aromatic carbocycles. The maximum atomic E-state index is 4.30. The minimum Gasteiger partial charge on any atom is -0.338 e. The number of anilines is 1. The van der Waals surface area contributed by atoms with Gasteiger partial charge in [-0.25, -0.2) is 9.97 Å². The van der Waals surface area contributed by atoms with Crippen molar-refractivity contribution in [2.24, 2.45) is 5.92 Å². The average Bonchev–Trinajstić information content (AvgIpc) is 2.47. The molecule has 0 bridgehead atoms. The lowest BCUT2D eigenvalue weighted by Gasteiger charge is -2.38. The van der Waals surface area contributed by atoms with Crippen LogP contribution in [0.15, 0.2) is 18.5 Å². The Bertz CT molecular complexity index is 344. The van der Waals surface area contributed by atoms with Gasteiger partial charge in [-0.2, -0.15) is 0 Å². The summed E-state index contributed by atoms with van der Waals surface area (Å²) in [4.78, 5) is 13.4. The highest BCUT2D eigenvalue weighted by Crippen LogP contribution is 2.12. The smallest absolute Gasteiger partial charge is 0.225 e. The molecule has 0 atom stereocenters. The van der Waals surface area contributed by atoms with Crippen LogP contribution in [-0.4, -0.2) is 60.7 Å². The lowest BCUT2D eigenvalue weighted by molar-refractivity contribution is 0.184. The van der Waals surface area contributed by atoms with Crippen LogP contribution in [0.3, 0.4) is 0 Å². The second kappa shape index (κ2) is 7.40. The predicted octanol–water partition coefficient (Wildman–Crippen LogP) is 0.844. The van der Waals surface area contributed by atoms with Crippen LogP contribution in [0.2, 0.25) is 0 Å². The van der Waals surface area contributed by atoms with E-state index in [1.54, 1.807) is 0 Å². The Hall–Kier alpha value is -1.20. The molecule has 2 aliphatic rings. The molecule has 2 aliphatic heterocycles. The first-order valence-corrected chi connectivity index (χ1v) is 7.37. The molecule has 5 nitrogen and oxygen atoms in total. The van der Waals surface area contributed by atoms with Gasteiger partial charge in [-0.1, -0.05) is 13.8 Å². The molecule has 19 heavy (non-hydrogen) atoms. The number of aromatic nitrogens is 2. The van der Waals surface area contributed by atoms with E-state index in [0.717, 1.165) is 38.0 Å². The Kier molecular flexibility index (Phi) is 5.54. The summed E-state index contributed by atoms with van der Waals surface area (Å²) in [5, 5.41) is 3.33. The van der Waals surface area contributed by atoms with Gasteiger partial charge < -0.3 is 10.2 Å². The van der Waals surface area contributed by atoms with Crippen molar-refractivity contribution < 1.29 is 0 Å². The van der Waals surface area contributed by atoms with E-state index in [1.165, 1.54) is 19.6 Å². The molecule has 0 aliphatic carbocycles. The van der Waals surface area contributed by atoms with Gasteiger partial charge >= 0.3 is 0 Å². The fourth-order valence-electron chi connectivity index (χ4n) is 2.43. The summed E-state index contributed by atoms with van der Waals surface area (Å²) in [6.07, 6.45) is 3.63. The summed E-state index contributed by atoms with van der Waals surface area (Å²) in [7, 11) is 0. The average molecular weight is 263 g/mol. The monoisotopic (exact) mass is 263 g/mol. The largest absolute Gasteiger partial charge is 0.338 e. The summed E-state index contributed by atoms with van der Waals surface area (Å²) in [5.41, 5.74) is 0. The maximum Gasteiger partial charge on any atom is 0.225 e. The van der Waals surface area contributed by atoms with Crippen molar-refractivity contribution in [1.82, 2.24) is 20.2 Å². The van der Waals surface area contributed by atoms with E-state index in [4.69, 9.17) is 0 Å². The Morgan fingerprint density at radius 3 is 2.26 bits per heavy atom. The molecule has 2 saturated heterocycles. The van der Waals surface area contributed by atoms with E-state index >= 15 is 0 Å². The second-order valence-corrected chi connectivity index (χ2v) is 4.86. The molecule has 106 valence electrons. The third-order valence-electron chi connectivity index (χ3n) is 3.59. The highest BCUT2D eigenvalue weighted by atomic mass is 15.3. The lowest BCUT2D eigenvalue weighted by atomic mass is 10.0. The van der Waals surface area contributed by atoms with E-state index in [-0.39, 0.29) is 0 Å². The normalized spacial score (nSPS) is 20.4. The van der Waals surface area contributed by atoms with Crippen molar-refractivity contribution >= 4 is 5.95 Å². The topological polar surface area (TPSA) is 44.3 Å². The molecule has 0 saturated carbocycles. The lowest BCUT2D eigenvalue weighted by Crippen LogP contribution is -2.53. The maximum absolute atomic E-state index is 4.30. The van der Waals surface area contributed by atoms with Gasteiger partial charge in [0.05, 0.1) is 0 Å². The van der Waals surface area contributed by atoms with Gasteiger partial charge in [-0.05, 0) is 12.0 Å². The molecule has 1 N–H and O–H groups in total. The van der Waals surface area contributed by atoms with E-state index in [0.29, 0.717) is 0 Å². The molecular formula is C14H25N5. The second-order valence-electron chi connectivity index (χ2n) is 4.86. The third-order valence-corrected chi connectivity index (χ3v) is 3.59. The summed E-state index contributed by atoms with van der Waals surface area (Å²) >= 11 is 0. The Balaban J connectivity index is 0.000000637. The summed E-state index contributed by atoms with van der Waals surface area (Å²) < 4.78 is 0. The zero-order valence-electron chi connectivity index (χ0n) is 12.0. The predicted molar refractivity (Wildman–Crippen MR) is 78.4 cm³/mol. The van der Waals surface area contributed by atoms with E-state index in [2.05, 4.69) is 25.1 Å². The van der Waals surface area contributed by atoms with Gasteiger partial charge in [-0.3, -0.25) is 4.90 Å². The number of hydrogen-bond acceptors (Lipinski definition) is 5. The van der Waals surface area contributed by atoms with Crippen LogP contribution in [0.1, 0.15) is 13.8 Å². The molecule has 3 heterocycles. The molecule has 5 heteroatoms. The molecule has 0 unspecified atom stereocenters.